The lowest BCUT2D eigenvalue weighted by molar-refractivity contribution is -0.136. The molecule has 6 nitrogen and oxygen atoms in total. The fraction of sp³-hybridized carbons (Fsp3) is 0.211. The van der Waals surface area contributed by atoms with E-state index in [1.165, 1.54) is 24.3 Å². The summed E-state index contributed by atoms with van der Waals surface area (Å²) < 4.78 is 18.2. The van der Waals surface area contributed by atoms with Crippen molar-refractivity contribution in [1.29, 1.82) is 0 Å². The summed E-state index contributed by atoms with van der Waals surface area (Å²) in [6.07, 6.45) is 0.0912. The molecule has 1 atom stereocenters. The van der Waals surface area contributed by atoms with E-state index >= 15 is 0 Å². The van der Waals surface area contributed by atoms with Crippen LogP contribution < -0.4 is 9.64 Å². The van der Waals surface area contributed by atoms with Gasteiger partial charge in [0.05, 0.1) is 24.9 Å². The van der Waals surface area contributed by atoms with Gasteiger partial charge in [0.15, 0.2) is 0 Å². The molecule has 0 N–H and O–H groups in total. The molecule has 1 saturated heterocycles. The number of methoxy groups -OCH3 is 1. The highest BCUT2D eigenvalue weighted by Gasteiger charge is 2.58. The summed E-state index contributed by atoms with van der Waals surface area (Å²) in [7, 11) is 1.58. The molecule has 0 unspecified atom stereocenters. The number of rotatable bonds is 3. The molecule has 132 valence electrons. The minimum absolute atomic E-state index is 0.105. The molecule has 0 aromatic heterocycles. The summed E-state index contributed by atoms with van der Waals surface area (Å²) in [5.41, 5.74) is 0.374. The van der Waals surface area contributed by atoms with Gasteiger partial charge in [-0.25, -0.2) is 9.29 Å². The van der Waals surface area contributed by atoms with Crippen LogP contribution >= 0.6 is 0 Å². The number of halogens is 1. The van der Waals surface area contributed by atoms with Crippen molar-refractivity contribution in [2.75, 3.05) is 12.0 Å². The molecule has 2 aromatic carbocycles. The lowest BCUT2D eigenvalue weighted by Gasteiger charge is -2.19. The van der Waals surface area contributed by atoms with Gasteiger partial charge in [0.25, 0.3) is 5.91 Å². The molecule has 1 spiro atoms. The van der Waals surface area contributed by atoms with E-state index in [-0.39, 0.29) is 12.8 Å². The Morgan fingerprint density at radius 2 is 1.77 bits per heavy atom. The number of ether oxygens (including phenoxy) is 1. The Morgan fingerprint density at radius 1 is 1.08 bits per heavy atom. The molecule has 0 bridgehead atoms. The molecule has 2 aliphatic rings. The summed E-state index contributed by atoms with van der Waals surface area (Å²) in [4.78, 5) is 31.8. The Morgan fingerprint density at radius 3 is 2.42 bits per heavy atom. The first-order chi connectivity index (χ1) is 12.5. The van der Waals surface area contributed by atoms with Crippen LogP contribution in [0.15, 0.2) is 53.7 Å². The first-order valence-electron chi connectivity index (χ1n) is 8.05. The molecular weight excluding hydrogens is 339 g/mol. The molecule has 26 heavy (non-hydrogen) atoms. The zero-order valence-electron chi connectivity index (χ0n) is 13.9. The fourth-order valence-corrected chi connectivity index (χ4v) is 3.19. The van der Waals surface area contributed by atoms with Crippen molar-refractivity contribution < 1.29 is 23.6 Å². The van der Waals surface area contributed by atoms with Gasteiger partial charge in [-0.05, 0) is 54.1 Å². The fourth-order valence-electron chi connectivity index (χ4n) is 3.19. The molecule has 7 heteroatoms. The smallest absolute Gasteiger partial charge is 0.281 e. The van der Waals surface area contributed by atoms with E-state index in [0.29, 0.717) is 17.1 Å². The standard InChI is InChI=1S/C19H15FN2O4/c1-25-15-8-2-12(3-9-15)16-10-19(26-21-16)11-17(23)22(18(19)24)14-6-4-13(20)5-7-14/h2-9H,10-11H2,1H3/t19-/m1/s1. The van der Waals surface area contributed by atoms with E-state index in [1.54, 1.807) is 19.2 Å². The number of amides is 2. The number of nitrogens with zero attached hydrogens (tertiary/aromatic N) is 2. The molecule has 1 fully saturated rings. The zero-order chi connectivity index (χ0) is 18.3. The van der Waals surface area contributed by atoms with Gasteiger partial charge in [0, 0.05) is 6.42 Å². The minimum Gasteiger partial charge on any atom is -0.497 e. The van der Waals surface area contributed by atoms with Gasteiger partial charge in [0.1, 0.15) is 11.6 Å². The second-order valence-corrected chi connectivity index (χ2v) is 6.22. The van der Waals surface area contributed by atoms with Crippen LogP contribution in [0.4, 0.5) is 10.1 Å². The Bertz CT molecular complexity index is 908. The summed E-state index contributed by atoms with van der Waals surface area (Å²) >= 11 is 0. The molecule has 2 aliphatic heterocycles. The third kappa shape index (κ3) is 2.52. The zero-order valence-corrected chi connectivity index (χ0v) is 13.9. The van der Waals surface area contributed by atoms with E-state index in [1.807, 2.05) is 12.1 Å². The number of hydrogen-bond donors (Lipinski definition) is 0. The van der Waals surface area contributed by atoms with Gasteiger partial charge >= 0.3 is 0 Å². The summed E-state index contributed by atoms with van der Waals surface area (Å²) in [6, 6.07) is 12.4. The summed E-state index contributed by atoms with van der Waals surface area (Å²) in [6.45, 7) is 0. The summed E-state index contributed by atoms with van der Waals surface area (Å²) in [5.74, 6) is -0.614. The number of anilines is 1. The maximum Gasteiger partial charge on any atom is 0.281 e. The molecular formula is C19H15FN2O4. The Labute approximate surface area is 148 Å². The van der Waals surface area contributed by atoms with Crippen LogP contribution in [0, 0.1) is 5.82 Å². The first-order valence-corrected chi connectivity index (χ1v) is 8.05. The lowest BCUT2D eigenvalue weighted by atomic mass is 9.92. The third-order valence-electron chi connectivity index (χ3n) is 4.57. The number of carbonyl (C=O) groups is 2. The van der Waals surface area contributed by atoms with Crippen molar-refractivity contribution in [3.8, 4) is 5.75 Å². The van der Waals surface area contributed by atoms with Crippen LogP contribution in [0.2, 0.25) is 0 Å². The predicted molar refractivity (Wildman–Crippen MR) is 91.5 cm³/mol. The average molecular weight is 354 g/mol. The van der Waals surface area contributed by atoms with Crippen molar-refractivity contribution in [1.82, 2.24) is 0 Å². The van der Waals surface area contributed by atoms with E-state index in [4.69, 9.17) is 9.57 Å². The Balaban J connectivity index is 1.58. The highest BCUT2D eigenvalue weighted by molar-refractivity contribution is 6.25. The third-order valence-corrected chi connectivity index (χ3v) is 4.57. The van der Waals surface area contributed by atoms with Crippen molar-refractivity contribution in [2.45, 2.75) is 18.4 Å². The van der Waals surface area contributed by atoms with Crippen LogP contribution in [0.3, 0.4) is 0 Å². The van der Waals surface area contributed by atoms with Gasteiger partial charge in [-0.2, -0.15) is 0 Å². The maximum absolute atomic E-state index is 13.1. The lowest BCUT2D eigenvalue weighted by Crippen LogP contribution is -2.40. The molecule has 0 aliphatic carbocycles. The maximum atomic E-state index is 13.1. The highest BCUT2D eigenvalue weighted by atomic mass is 19.1. The van der Waals surface area contributed by atoms with Crippen LogP contribution in [0.5, 0.6) is 5.75 Å². The molecule has 4 rings (SSSR count). The first kappa shape index (κ1) is 16.3. The number of hydrogen-bond acceptors (Lipinski definition) is 5. The summed E-state index contributed by atoms with van der Waals surface area (Å²) in [5, 5.41) is 4.04. The molecule has 2 amide bonds. The van der Waals surface area contributed by atoms with Gasteiger partial charge < -0.3 is 9.57 Å². The normalized spacial score (nSPS) is 21.9. The van der Waals surface area contributed by atoms with Crippen LogP contribution in [0.25, 0.3) is 0 Å². The Kier molecular flexibility index (Phi) is 3.72. The topological polar surface area (TPSA) is 68.2 Å². The highest BCUT2D eigenvalue weighted by Crippen LogP contribution is 2.39. The van der Waals surface area contributed by atoms with E-state index < -0.39 is 23.2 Å². The number of benzene rings is 2. The molecule has 0 saturated carbocycles. The van der Waals surface area contributed by atoms with Crippen LogP contribution in [-0.2, 0) is 14.4 Å². The van der Waals surface area contributed by atoms with Gasteiger partial charge in [-0.3, -0.25) is 9.59 Å². The quantitative estimate of drug-likeness (QED) is 0.795. The van der Waals surface area contributed by atoms with Crippen molar-refractivity contribution >= 4 is 23.2 Å². The van der Waals surface area contributed by atoms with Gasteiger partial charge in [-0.15, -0.1) is 0 Å². The minimum atomic E-state index is -1.33. The Hall–Kier alpha value is -3.22. The molecule has 2 heterocycles. The van der Waals surface area contributed by atoms with Gasteiger partial charge in [-0.1, -0.05) is 5.16 Å². The molecule has 0 radical (unpaired) electrons. The number of imide groups is 1. The second-order valence-electron chi connectivity index (χ2n) is 6.22. The predicted octanol–water partition coefficient (Wildman–Crippen LogP) is 2.66. The number of carbonyl (C=O) groups excluding carboxylic acids is 2. The van der Waals surface area contributed by atoms with E-state index in [9.17, 15) is 14.0 Å². The van der Waals surface area contributed by atoms with E-state index in [0.717, 1.165) is 10.5 Å². The molecule has 2 aromatic rings. The largest absolute Gasteiger partial charge is 0.497 e. The second kappa shape index (κ2) is 5.94. The van der Waals surface area contributed by atoms with E-state index in [2.05, 4.69) is 5.16 Å². The van der Waals surface area contributed by atoms with Gasteiger partial charge in [0.2, 0.25) is 11.5 Å². The van der Waals surface area contributed by atoms with Crippen LogP contribution in [0.1, 0.15) is 18.4 Å². The van der Waals surface area contributed by atoms with Crippen molar-refractivity contribution in [3.63, 3.8) is 0 Å². The average Bonchev–Trinajstić information content (AvgIpc) is 3.18. The number of oxime groups is 1. The van der Waals surface area contributed by atoms with Crippen molar-refractivity contribution in [3.05, 3.63) is 59.9 Å². The van der Waals surface area contributed by atoms with Crippen molar-refractivity contribution in [2.24, 2.45) is 5.16 Å². The monoisotopic (exact) mass is 354 g/mol. The van der Waals surface area contributed by atoms with Crippen LogP contribution in [-0.4, -0.2) is 30.2 Å². The SMILES string of the molecule is COc1ccc(C2=NO[C@@]3(CC(=O)N(c4ccc(F)cc4)C3=O)C2)cc1.